The molecule has 0 aromatic heterocycles. The Hall–Kier alpha value is -0.450. The van der Waals surface area contributed by atoms with E-state index in [9.17, 15) is 0 Å². The Morgan fingerprint density at radius 2 is 2.31 bits per heavy atom. The summed E-state index contributed by atoms with van der Waals surface area (Å²) in [6.45, 7) is 4.57. The van der Waals surface area contributed by atoms with Crippen LogP contribution in [-0.2, 0) is 0 Å². The maximum atomic E-state index is 6.03. The smallest absolute Gasteiger partial charge is 0.156 e. The molecular formula is C11H14BrClN2O. The number of anilines is 1. The van der Waals surface area contributed by atoms with Crippen molar-refractivity contribution >= 4 is 33.2 Å². The summed E-state index contributed by atoms with van der Waals surface area (Å²) in [5, 5.41) is 7.32. The fourth-order valence-corrected chi connectivity index (χ4v) is 2.49. The molecule has 0 radical (unpaired) electrons. The maximum absolute atomic E-state index is 6.03. The fourth-order valence-electron chi connectivity index (χ4n) is 1.57. The van der Waals surface area contributed by atoms with E-state index in [1.165, 1.54) is 0 Å². The SMILES string of the molecule is CCOc1c(Br)cc(Cl)cc1NC1CNC1. The second-order valence-corrected chi connectivity index (χ2v) is 4.99. The number of halogens is 2. The molecule has 0 unspecified atom stereocenters. The van der Waals surface area contributed by atoms with E-state index in [1.54, 1.807) is 0 Å². The van der Waals surface area contributed by atoms with Gasteiger partial charge in [0.25, 0.3) is 0 Å². The number of hydrogen-bond acceptors (Lipinski definition) is 3. The normalized spacial score (nSPS) is 15.7. The highest BCUT2D eigenvalue weighted by Crippen LogP contribution is 2.37. The van der Waals surface area contributed by atoms with Gasteiger partial charge in [-0.3, -0.25) is 0 Å². The molecule has 0 bridgehead atoms. The lowest BCUT2D eigenvalue weighted by atomic mass is 10.1. The van der Waals surface area contributed by atoms with Crippen molar-refractivity contribution in [1.29, 1.82) is 0 Å². The Morgan fingerprint density at radius 1 is 1.56 bits per heavy atom. The molecule has 2 rings (SSSR count). The second kappa shape index (κ2) is 5.25. The Morgan fingerprint density at radius 3 is 2.88 bits per heavy atom. The zero-order valence-corrected chi connectivity index (χ0v) is 11.4. The van der Waals surface area contributed by atoms with Gasteiger partial charge in [-0.15, -0.1) is 0 Å². The molecule has 1 aliphatic heterocycles. The minimum absolute atomic E-state index is 0.463. The number of ether oxygens (including phenoxy) is 1. The van der Waals surface area contributed by atoms with Crippen LogP contribution in [0.15, 0.2) is 16.6 Å². The first-order valence-electron chi connectivity index (χ1n) is 5.29. The van der Waals surface area contributed by atoms with Gasteiger partial charge in [-0.2, -0.15) is 0 Å². The predicted molar refractivity (Wildman–Crippen MR) is 70.6 cm³/mol. The topological polar surface area (TPSA) is 33.3 Å². The van der Waals surface area contributed by atoms with Crippen molar-refractivity contribution in [3.63, 3.8) is 0 Å². The summed E-state index contributed by atoms with van der Waals surface area (Å²) in [6, 6.07) is 4.21. The van der Waals surface area contributed by atoms with Crippen molar-refractivity contribution < 1.29 is 4.74 Å². The lowest BCUT2D eigenvalue weighted by molar-refractivity contribution is 0.338. The number of rotatable bonds is 4. The van der Waals surface area contributed by atoms with Crippen LogP contribution >= 0.6 is 27.5 Å². The van der Waals surface area contributed by atoms with Gasteiger partial charge in [0, 0.05) is 18.1 Å². The molecule has 0 amide bonds. The van der Waals surface area contributed by atoms with Gasteiger partial charge in [-0.05, 0) is 35.0 Å². The van der Waals surface area contributed by atoms with E-state index in [0.717, 1.165) is 29.0 Å². The van der Waals surface area contributed by atoms with E-state index in [-0.39, 0.29) is 0 Å². The molecule has 0 spiro atoms. The highest BCUT2D eigenvalue weighted by atomic mass is 79.9. The molecule has 0 saturated carbocycles. The van der Waals surface area contributed by atoms with E-state index in [2.05, 4.69) is 26.6 Å². The predicted octanol–water partition coefficient (Wildman–Crippen LogP) is 2.88. The van der Waals surface area contributed by atoms with Crippen LogP contribution in [0.4, 0.5) is 5.69 Å². The highest BCUT2D eigenvalue weighted by Gasteiger charge is 2.19. The third-order valence-corrected chi connectivity index (χ3v) is 3.25. The molecule has 5 heteroatoms. The summed E-state index contributed by atoms with van der Waals surface area (Å²) in [5.74, 6) is 0.832. The third kappa shape index (κ3) is 2.62. The minimum Gasteiger partial charge on any atom is -0.491 e. The van der Waals surface area contributed by atoms with Gasteiger partial charge in [0.1, 0.15) is 0 Å². The van der Waals surface area contributed by atoms with Gasteiger partial charge in [-0.1, -0.05) is 11.6 Å². The molecule has 1 heterocycles. The molecule has 1 fully saturated rings. The quantitative estimate of drug-likeness (QED) is 0.897. The lowest BCUT2D eigenvalue weighted by Crippen LogP contribution is -2.51. The van der Waals surface area contributed by atoms with Crippen LogP contribution < -0.4 is 15.4 Å². The van der Waals surface area contributed by atoms with Crippen LogP contribution in [0.5, 0.6) is 5.75 Å². The van der Waals surface area contributed by atoms with E-state index in [1.807, 2.05) is 19.1 Å². The first-order chi connectivity index (χ1) is 7.70. The molecule has 1 saturated heterocycles. The molecular weight excluding hydrogens is 291 g/mol. The van der Waals surface area contributed by atoms with Crippen LogP contribution in [0.1, 0.15) is 6.92 Å². The molecule has 3 nitrogen and oxygen atoms in total. The lowest BCUT2D eigenvalue weighted by Gasteiger charge is -2.30. The summed E-state index contributed by atoms with van der Waals surface area (Å²) in [4.78, 5) is 0. The van der Waals surface area contributed by atoms with E-state index >= 15 is 0 Å². The summed E-state index contributed by atoms with van der Waals surface area (Å²) >= 11 is 9.49. The Kier molecular flexibility index (Phi) is 3.95. The molecule has 88 valence electrons. The Labute approximate surface area is 109 Å². The van der Waals surface area contributed by atoms with Crippen molar-refractivity contribution in [2.45, 2.75) is 13.0 Å². The highest BCUT2D eigenvalue weighted by molar-refractivity contribution is 9.10. The van der Waals surface area contributed by atoms with E-state index < -0.39 is 0 Å². The molecule has 0 atom stereocenters. The molecule has 0 aliphatic carbocycles. The van der Waals surface area contributed by atoms with Crippen LogP contribution in [0, 0.1) is 0 Å². The minimum atomic E-state index is 0.463. The maximum Gasteiger partial charge on any atom is 0.156 e. The van der Waals surface area contributed by atoms with Gasteiger partial charge in [0.15, 0.2) is 5.75 Å². The molecule has 2 N–H and O–H groups in total. The summed E-state index contributed by atoms with van der Waals surface area (Å²) in [5.41, 5.74) is 0.952. The van der Waals surface area contributed by atoms with Crippen molar-refractivity contribution in [3.05, 3.63) is 21.6 Å². The van der Waals surface area contributed by atoms with Crippen molar-refractivity contribution in [2.75, 3.05) is 25.0 Å². The van der Waals surface area contributed by atoms with Crippen LogP contribution in [0.3, 0.4) is 0 Å². The van der Waals surface area contributed by atoms with Gasteiger partial charge in [-0.25, -0.2) is 0 Å². The number of nitrogens with one attached hydrogen (secondary N) is 2. The third-order valence-electron chi connectivity index (χ3n) is 2.44. The fraction of sp³-hybridized carbons (Fsp3) is 0.455. The molecule has 16 heavy (non-hydrogen) atoms. The average molecular weight is 306 g/mol. The van der Waals surface area contributed by atoms with E-state index in [0.29, 0.717) is 17.7 Å². The zero-order chi connectivity index (χ0) is 11.5. The first kappa shape index (κ1) is 12.0. The largest absolute Gasteiger partial charge is 0.491 e. The van der Waals surface area contributed by atoms with Crippen molar-refractivity contribution in [2.24, 2.45) is 0 Å². The monoisotopic (exact) mass is 304 g/mol. The summed E-state index contributed by atoms with van der Waals surface area (Å²) in [6.07, 6.45) is 0. The van der Waals surface area contributed by atoms with Crippen LogP contribution in [0.2, 0.25) is 5.02 Å². The second-order valence-electron chi connectivity index (χ2n) is 3.70. The van der Waals surface area contributed by atoms with Crippen LogP contribution in [0.25, 0.3) is 0 Å². The Balaban J connectivity index is 2.24. The zero-order valence-electron chi connectivity index (χ0n) is 9.02. The summed E-state index contributed by atoms with van der Waals surface area (Å²) in [7, 11) is 0. The number of hydrogen-bond donors (Lipinski definition) is 2. The van der Waals surface area contributed by atoms with Crippen molar-refractivity contribution in [3.8, 4) is 5.75 Å². The average Bonchev–Trinajstić information content (AvgIpc) is 2.16. The van der Waals surface area contributed by atoms with Gasteiger partial charge in [0.05, 0.1) is 22.8 Å². The molecule has 1 aliphatic rings. The summed E-state index contributed by atoms with van der Waals surface area (Å²) < 4.78 is 6.49. The molecule has 1 aromatic rings. The van der Waals surface area contributed by atoms with Gasteiger partial charge < -0.3 is 15.4 Å². The number of benzene rings is 1. The van der Waals surface area contributed by atoms with Gasteiger partial charge >= 0.3 is 0 Å². The van der Waals surface area contributed by atoms with E-state index in [4.69, 9.17) is 16.3 Å². The standard InChI is InChI=1S/C11H14BrClN2O/c1-2-16-11-9(12)3-7(13)4-10(11)15-8-5-14-6-8/h3-4,8,14-15H,2,5-6H2,1H3. The van der Waals surface area contributed by atoms with Gasteiger partial charge in [0.2, 0.25) is 0 Å². The van der Waals surface area contributed by atoms with Crippen LogP contribution in [-0.4, -0.2) is 25.7 Å². The Bertz CT molecular complexity index is 382. The van der Waals surface area contributed by atoms with Crippen molar-refractivity contribution in [1.82, 2.24) is 5.32 Å². The first-order valence-corrected chi connectivity index (χ1v) is 6.47. The molecule has 1 aromatic carbocycles.